The zero-order valence-electron chi connectivity index (χ0n) is 9.65. The molecule has 0 saturated carbocycles. The smallest absolute Gasteiger partial charge is 0.141 e. The Kier molecular flexibility index (Phi) is 4.99. The van der Waals surface area contributed by atoms with E-state index < -0.39 is 0 Å². The number of carbonyl (C=O) groups excluding carboxylic acids is 1. The number of hydrogen-bond donors (Lipinski definition) is 2. The van der Waals surface area contributed by atoms with Crippen LogP contribution in [0.5, 0.6) is 5.75 Å². The molecule has 1 rings (SSSR count). The summed E-state index contributed by atoms with van der Waals surface area (Å²) in [7, 11) is 0. The van der Waals surface area contributed by atoms with Gasteiger partial charge in [-0.3, -0.25) is 4.79 Å². The minimum Gasteiger partial charge on any atom is -0.508 e. The molecule has 0 bridgehead atoms. The summed E-state index contributed by atoms with van der Waals surface area (Å²) < 4.78 is 0. The molecular formula is C13H19NO2. The third-order valence-electron chi connectivity index (χ3n) is 2.67. The van der Waals surface area contributed by atoms with E-state index in [1.807, 2.05) is 13.0 Å². The molecule has 3 heteroatoms. The molecule has 0 spiro atoms. The van der Waals surface area contributed by atoms with Crippen LogP contribution in [0.3, 0.4) is 0 Å². The van der Waals surface area contributed by atoms with Gasteiger partial charge in [0.25, 0.3) is 0 Å². The largest absolute Gasteiger partial charge is 0.508 e. The highest BCUT2D eigenvalue weighted by Crippen LogP contribution is 2.14. The number of nitrogens with two attached hydrogens (primary N) is 1. The van der Waals surface area contributed by atoms with Crippen LogP contribution in [0.1, 0.15) is 25.3 Å². The Labute approximate surface area is 96.3 Å². The zero-order valence-corrected chi connectivity index (χ0v) is 9.65. The molecule has 0 aliphatic rings. The average Bonchev–Trinajstić information content (AvgIpc) is 2.25. The van der Waals surface area contributed by atoms with Gasteiger partial charge >= 0.3 is 0 Å². The van der Waals surface area contributed by atoms with Crippen molar-refractivity contribution in [3.63, 3.8) is 0 Å². The van der Waals surface area contributed by atoms with Crippen molar-refractivity contribution >= 4 is 5.78 Å². The molecule has 0 saturated heterocycles. The highest BCUT2D eigenvalue weighted by molar-refractivity contribution is 5.83. The van der Waals surface area contributed by atoms with Gasteiger partial charge in [0.2, 0.25) is 0 Å². The fraction of sp³-hybridized carbons (Fsp3) is 0.462. The Hall–Kier alpha value is -1.35. The van der Waals surface area contributed by atoms with Crippen molar-refractivity contribution in [2.45, 2.75) is 26.2 Å². The molecular weight excluding hydrogens is 202 g/mol. The lowest BCUT2D eigenvalue weighted by molar-refractivity contribution is -0.122. The highest BCUT2D eigenvalue weighted by Gasteiger charge is 2.15. The van der Waals surface area contributed by atoms with Gasteiger partial charge in [-0.15, -0.1) is 0 Å². The number of hydrogen-bond acceptors (Lipinski definition) is 3. The maximum absolute atomic E-state index is 11.9. The summed E-state index contributed by atoms with van der Waals surface area (Å²) in [6.45, 7) is 2.45. The van der Waals surface area contributed by atoms with E-state index in [1.54, 1.807) is 18.2 Å². The van der Waals surface area contributed by atoms with Crippen molar-refractivity contribution in [2.75, 3.05) is 6.54 Å². The van der Waals surface area contributed by atoms with Gasteiger partial charge in [0.1, 0.15) is 11.5 Å². The number of aromatic hydroxyl groups is 1. The molecule has 1 atom stereocenters. The van der Waals surface area contributed by atoms with Crippen LogP contribution in [0.25, 0.3) is 0 Å². The van der Waals surface area contributed by atoms with Gasteiger partial charge in [-0.1, -0.05) is 25.5 Å². The second-order valence-electron chi connectivity index (χ2n) is 4.03. The number of Topliss-reactive ketones (excluding diaryl/α,β-unsaturated/α-hetero) is 1. The lowest BCUT2D eigenvalue weighted by Gasteiger charge is -2.12. The van der Waals surface area contributed by atoms with Crippen LogP contribution in [0.2, 0.25) is 0 Å². The minimum absolute atomic E-state index is 0.0488. The van der Waals surface area contributed by atoms with Gasteiger partial charge < -0.3 is 10.8 Å². The van der Waals surface area contributed by atoms with E-state index >= 15 is 0 Å². The van der Waals surface area contributed by atoms with Crippen molar-refractivity contribution in [2.24, 2.45) is 11.7 Å². The molecule has 0 aliphatic heterocycles. The molecule has 1 aromatic carbocycles. The van der Waals surface area contributed by atoms with Gasteiger partial charge in [-0.25, -0.2) is 0 Å². The van der Waals surface area contributed by atoms with Crippen molar-refractivity contribution in [1.82, 2.24) is 0 Å². The van der Waals surface area contributed by atoms with Crippen LogP contribution in [-0.2, 0) is 11.2 Å². The molecule has 0 radical (unpaired) electrons. The molecule has 0 aromatic heterocycles. The molecule has 88 valence electrons. The van der Waals surface area contributed by atoms with Crippen LogP contribution >= 0.6 is 0 Å². The van der Waals surface area contributed by atoms with E-state index in [0.29, 0.717) is 13.0 Å². The monoisotopic (exact) mass is 221 g/mol. The summed E-state index contributed by atoms with van der Waals surface area (Å²) in [6.07, 6.45) is 2.16. The number of rotatable bonds is 6. The molecule has 0 heterocycles. The lowest BCUT2D eigenvalue weighted by atomic mass is 9.94. The van der Waals surface area contributed by atoms with Crippen LogP contribution in [-0.4, -0.2) is 17.4 Å². The highest BCUT2D eigenvalue weighted by atomic mass is 16.3. The molecule has 3 nitrogen and oxygen atoms in total. The van der Waals surface area contributed by atoms with Crippen molar-refractivity contribution < 1.29 is 9.90 Å². The average molecular weight is 221 g/mol. The molecule has 1 aromatic rings. The maximum atomic E-state index is 11.9. The van der Waals surface area contributed by atoms with Crippen molar-refractivity contribution in [1.29, 1.82) is 0 Å². The third kappa shape index (κ3) is 3.66. The third-order valence-corrected chi connectivity index (χ3v) is 2.67. The summed E-state index contributed by atoms with van der Waals surface area (Å²) in [6, 6.07) is 6.81. The molecule has 0 amide bonds. The summed E-state index contributed by atoms with van der Waals surface area (Å²) in [4.78, 5) is 11.9. The van der Waals surface area contributed by atoms with E-state index in [0.717, 1.165) is 18.4 Å². The van der Waals surface area contributed by atoms with E-state index in [4.69, 9.17) is 5.73 Å². The number of phenolic OH excluding ortho intramolecular Hbond substituents is 1. The van der Waals surface area contributed by atoms with Crippen molar-refractivity contribution in [3.8, 4) is 5.75 Å². The number of carbonyl (C=O) groups is 1. The fourth-order valence-electron chi connectivity index (χ4n) is 1.77. The van der Waals surface area contributed by atoms with Crippen LogP contribution in [0.4, 0.5) is 0 Å². The van der Waals surface area contributed by atoms with Crippen LogP contribution in [0.15, 0.2) is 24.3 Å². The Morgan fingerprint density at radius 2 is 2.25 bits per heavy atom. The summed E-state index contributed by atoms with van der Waals surface area (Å²) in [5.74, 6) is 0.312. The normalized spacial score (nSPS) is 12.4. The molecule has 1 unspecified atom stereocenters. The Morgan fingerprint density at radius 3 is 2.81 bits per heavy atom. The van der Waals surface area contributed by atoms with Gasteiger partial charge in [0, 0.05) is 18.9 Å². The number of ketones is 1. The second-order valence-corrected chi connectivity index (χ2v) is 4.03. The molecule has 3 N–H and O–H groups in total. The SMILES string of the molecule is CCCC(CN)C(=O)Cc1cccc(O)c1. The van der Waals surface area contributed by atoms with E-state index in [9.17, 15) is 9.90 Å². The minimum atomic E-state index is -0.0488. The first-order chi connectivity index (χ1) is 7.67. The fourth-order valence-corrected chi connectivity index (χ4v) is 1.77. The van der Waals surface area contributed by atoms with Crippen LogP contribution < -0.4 is 5.73 Å². The Bertz CT molecular complexity index is 350. The molecule has 0 aliphatic carbocycles. The maximum Gasteiger partial charge on any atom is 0.141 e. The standard InChI is InChI=1S/C13H19NO2/c1-2-4-11(9-14)13(16)8-10-5-3-6-12(15)7-10/h3,5-7,11,15H,2,4,8-9,14H2,1H3. The van der Waals surface area contributed by atoms with Gasteiger partial charge in [-0.05, 0) is 24.1 Å². The first-order valence-electron chi connectivity index (χ1n) is 5.68. The summed E-state index contributed by atoms with van der Waals surface area (Å²) in [5, 5.41) is 9.29. The Morgan fingerprint density at radius 1 is 1.50 bits per heavy atom. The predicted molar refractivity (Wildman–Crippen MR) is 64.3 cm³/mol. The van der Waals surface area contributed by atoms with Gasteiger partial charge in [0.15, 0.2) is 0 Å². The predicted octanol–water partition coefficient (Wildman–Crippen LogP) is 1.88. The zero-order chi connectivity index (χ0) is 12.0. The topological polar surface area (TPSA) is 63.3 Å². The summed E-state index contributed by atoms with van der Waals surface area (Å²) >= 11 is 0. The second kappa shape index (κ2) is 6.28. The van der Waals surface area contributed by atoms with Gasteiger partial charge in [-0.2, -0.15) is 0 Å². The first-order valence-corrected chi connectivity index (χ1v) is 5.68. The Balaban J connectivity index is 2.62. The number of phenols is 1. The summed E-state index contributed by atoms with van der Waals surface area (Å²) in [5.41, 5.74) is 6.42. The van der Waals surface area contributed by atoms with E-state index in [-0.39, 0.29) is 17.5 Å². The van der Waals surface area contributed by atoms with E-state index in [2.05, 4.69) is 0 Å². The van der Waals surface area contributed by atoms with Crippen molar-refractivity contribution in [3.05, 3.63) is 29.8 Å². The molecule has 16 heavy (non-hydrogen) atoms. The van der Waals surface area contributed by atoms with Gasteiger partial charge in [0.05, 0.1) is 0 Å². The van der Waals surface area contributed by atoms with E-state index in [1.165, 1.54) is 0 Å². The van der Waals surface area contributed by atoms with Crippen LogP contribution in [0, 0.1) is 5.92 Å². The quantitative estimate of drug-likeness (QED) is 0.771. The lowest BCUT2D eigenvalue weighted by Crippen LogP contribution is -2.25. The molecule has 0 fully saturated rings. The first kappa shape index (κ1) is 12.7. The number of benzene rings is 1.